The highest BCUT2D eigenvalue weighted by atomic mass is 16.3. The van der Waals surface area contributed by atoms with Gasteiger partial charge < -0.3 is 9.32 Å². The monoisotopic (exact) mass is 763 g/mol. The molecule has 1 heterocycles. The first-order valence-electron chi connectivity index (χ1n) is 20.6. The molecule has 0 fully saturated rings. The fourth-order valence-electron chi connectivity index (χ4n) is 9.34. The lowest BCUT2D eigenvalue weighted by Gasteiger charge is -2.26. The van der Waals surface area contributed by atoms with Gasteiger partial charge in [-0.2, -0.15) is 0 Å². The summed E-state index contributed by atoms with van der Waals surface area (Å²) in [5, 5.41) is 12.5. The summed E-state index contributed by atoms with van der Waals surface area (Å²) in [6.45, 7) is 0. The van der Waals surface area contributed by atoms with E-state index in [1.54, 1.807) is 0 Å². The van der Waals surface area contributed by atoms with Crippen LogP contribution in [0.15, 0.2) is 229 Å². The van der Waals surface area contributed by atoms with Crippen LogP contribution in [-0.4, -0.2) is 0 Å². The van der Waals surface area contributed by atoms with E-state index in [4.69, 9.17) is 4.42 Å². The summed E-state index contributed by atoms with van der Waals surface area (Å²) in [5.74, 6) is 0. The van der Waals surface area contributed by atoms with Crippen LogP contribution < -0.4 is 4.90 Å². The number of rotatable bonds is 6. The van der Waals surface area contributed by atoms with Crippen LogP contribution in [0.25, 0.3) is 98.4 Å². The molecule has 2 heteroatoms. The standard InChI is InChI=1S/C58H37NO/c1-2-12-41-35-43(24-23-38(41)11-1)42-13-9-14-47(36-42)59(46-32-27-40(28-33-46)48-20-10-22-57-58(48)54-19-7-8-21-56(54)60-57)45-30-25-39(26-31-45)44-29-34-53-51-17-4-3-15-49(51)50-16-5-6-18-52(50)55(53)37-44/h1-37H. The molecule has 2 nitrogen and oxygen atoms in total. The predicted molar refractivity (Wildman–Crippen MR) is 255 cm³/mol. The molecule has 0 bridgehead atoms. The number of fused-ring (bicyclic) bond motifs is 10. The van der Waals surface area contributed by atoms with E-state index in [-0.39, 0.29) is 0 Å². The lowest BCUT2D eigenvalue weighted by molar-refractivity contribution is 0.669. The second-order valence-corrected chi connectivity index (χ2v) is 15.7. The van der Waals surface area contributed by atoms with Gasteiger partial charge in [-0.3, -0.25) is 0 Å². The van der Waals surface area contributed by atoms with Crippen LogP contribution in [0.2, 0.25) is 0 Å². The van der Waals surface area contributed by atoms with Gasteiger partial charge in [0.2, 0.25) is 0 Å². The van der Waals surface area contributed by atoms with Gasteiger partial charge >= 0.3 is 0 Å². The van der Waals surface area contributed by atoms with E-state index in [0.717, 1.165) is 50.1 Å². The number of hydrogen-bond donors (Lipinski definition) is 0. The molecule has 0 saturated carbocycles. The van der Waals surface area contributed by atoms with Crippen molar-refractivity contribution in [2.75, 3.05) is 4.90 Å². The Bertz CT molecular complexity index is 3560. The van der Waals surface area contributed by atoms with Gasteiger partial charge in [-0.15, -0.1) is 0 Å². The first kappa shape index (κ1) is 34.1. The van der Waals surface area contributed by atoms with Crippen molar-refractivity contribution in [1.29, 1.82) is 0 Å². The van der Waals surface area contributed by atoms with E-state index in [9.17, 15) is 0 Å². The summed E-state index contributed by atoms with van der Waals surface area (Å²) in [6, 6.07) is 81.3. The molecule has 1 aromatic heterocycles. The minimum atomic E-state index is 0.901. The molecule has 280 valence electrons. The summed E-state index contributed by atoms with van der Waals surface area (Å²) < 4.78 is 6.25. The van der Waals surface area contributed by atoms with E-state index >= 15 is 0 Å². The van der Waals surface area contributed by atoms with Crippen LogP contribution in [0, 0.1) is 0 Å². The normalized spacial score (nSPS) is 11.7. The number of furan rings is 1. The zero-order chi connectivity index (χ0) is 39.6. The molecule has 0 radical (unpaired) electrons. The fraction of sp³-hybridized carbons (Fsp3) is 0. The second kappa shape index (κ2) is 13.9. The Morgan fingerprint density at radius 3 is 1.52 bits per heavy atom. The average Bonchev–Trinajstić information content (AvgIpc) is 3.71. The van der Waals surface area contributed by atoms with Gasteiger partial charge in [-0.1, -0.05) is 164 Å². The Balaban J connectivity index is 0.969. The first-order valence-corrected chi connectivity index (χ1v) is 20.6. The molecule has 0 aliphatic rings. The maximum absolute atomic E-state index is 6.25. The molecular formula is C58H37NO. The molecule has 12 rings (SSSR count). The van der Waals surface area contributed by atoms with Gasteiger partial charge in [0.25, 0.3) is 0 Å². The smallest absolute Gasteiger partial charge is 0.136 e. The largest absolute Gasteiger partial charge is 0.456 e. The summed E-state index contributed by atoms with van der Waals surface area (Å²) in [4.78, 5) is 2.37. The van der Waals surface area contributed by atoms with Gasteiger partial charge in [-0.25, -0.2) is 0 Å². The molecule has 0 amide bonds. The van der Waals surface area contributed by atoms with Crippen LogP contribution >= 0.6 is 0 Å². The molecule has 0 N–H and O–H groups in total. The van der Waals surface area contributed by atoms with E-state index in [1.165, 1.54) is 65.3 Å². The summed E-state index contributed by atoms with van der Waals surface area (Å²) in [6.07, 6.45) is 0. The van der Waals surface area contributed by atoms with Crippen molar-refractivity contribution in [2.24, 2.45) is 0 Å². The van der Waals surface area contributed by atoms with E-state index < -0.39 is 0 Å². The molecule has 0 unspecified atom stereocenters. The molecule has 60 heavy (non-hydrogen) atoms. The van der Waals surface area contributed by atoms with Gasteiger partial charge in [0, 0.05) is 27.8 Å². The summed E-state index contributed by atoms with van der Waals surface area (Å²) in [5.41, 5.74) is 12.1. The van der Waals surface area contributed by atoms with Crippen molar-refractivity contribution in [3.63, 3.8) is 0 Å². The van der Waals surface area contributed by atoms with Gasteiger partial charge in [0.15, 0.2) is 0 Å². The highest BCUT2D eigenvalue weighted by Gasteiger charge is 2.17. The van der Waals surface area contributed by atoms with E-state index in [2.05, 4.69) is 217 Å². The van der Waals surface area contributed by atoms with Crippen molar-refractivity contribution in [3.05, 3.63) is 224 Å². The molecular weight excluding hydrogens is 727 g/mol. The topological polar surface area (TPSA) is 16.4 Å². The SMILES string of the molecule is c1cc(-c2ccc3ccccc3c2)cc(N(c2ccc(-c3ccc4c5ccccc5c5ccccc5c4c3)cc2)c2ccc(-c3cccc4oc5ccccc5c34)cc2)c1. The van der Waals surface area contributed by atoms with Crippen molar-refractivity contribution in [2.45, 2.75) is 0 Å². The highest BCUT2D eigenvalue weighted by Crippen LogP contribution is 2.42. The third-order valence-corrected chi connectivity index (χ3v) is 12.2. The third kappa shape index (κ3) is 5.65. The van der Waals surface area contributed by atoms with Gasteiger partial charge in [-0.05, 0) is 137 Å². The van der Waals surface area contributed by atoms with Crippen LogP contribution in [-0.2, 0) is 0 Å². The van der Waals surface area contributed by atoms with Gasteiger partial charge in [0.05, 0.1) is 0 Å². The zero-order valence-corrected chi connectivity index (χ0v) is 32.7. The first-order chi connectivity index (χ1) is 29.7. The minimum absolute atomic E-state index is 0.901. The maximum atomic E-state index is 6.25. The Morgan fingerprint density at radius 1 is 0.267 bits per heavy atom. The molecule has 0 spiro atoms. The highest BCUT2D eigenvalue weighted by molar-refractivity contribution is 6.25. The van der Waals surface area contributed by atoms with E-state index in [1.807, 2.05) is 12.1 Å². The number of para-hydroxylation sites is 1. The van der Waals surface area contributed by atoms with Crippen LogP contribution in [0.1, 0.15) is 0 Å². The van der Waals surface area contributed by atoms with Crippen LogP contribution in [0.5, 0.6) is 0 Å². The lowest BCUT2D eigenvalue weighted by atomic mass is 9.92. The van der Waals surface area contributed by atoms with Gasteiger partial charge in [0.1, 0.15) is 11.2 Å². The van der Waals surface area contributed by atoms with Crippen LogP contribution in [0.3, 0.4) is 0 Å². The Labute approximate surface area is 347 Å². The number of nitrogens with zero attached hydrogens (tertiary/aromatic N) is 1. The second-order valence-electron chi connectivity index (χ2n) is 15.7. The number of anilines is 3. The third-order valence-electron chi connectivity index (χ3n) is 12.2. The van der Waals surface area contributed by atoms with E-state index in [0.29, 0.717) is 0 Å². The molecule has 0 aliphatic carbocycles. The Hall–Kier alpha value is -7.94. The molecule has 0 aliphatic heterocycles. The lowest BCUT2D eigenvalue weighted by Crippen LogP contribution is -2.10. The molecule has 11 aromatic carbocycles. The molecule has 0 atom stereocenters. The summed E-state index contributed by atoms with van der Waals surface area (Å²) in [7, 11) is 0. The summed E-state index contributed by atoms with van der Waals surface area (Å²) >= 11 is 0. The van der Waals surface area contributed by atoms with Crippen molar-refractivity contribution in [1.82, 2.24) is 0 Å². The Kier molecular flexibility index (Phi) is 7.89. The van der Waals surface area contributed by atoms with Crippen LogP contribution in [0.4, 0.5) is 17.1 Å². The predicted octanol–water partition coefficient (Wildman–Crippen LogP) is 16.7. The van der Waals surface area contributed by atoms with Crippen molar-refractivity contribution >= 4 is 82.1 Å². The fourth-order valence-corrected chi connectivity index (χ4v) is 9.34. The van der Waals surface area contributed by atoms with Crippen molar-refractivity contribution in [3.8, 4) is 33.4 Å². The molecule has 0 saturated heterocycles. The maximum Gasteiger partial charge on any atom is 0.136 e. The minimum Gasteiger partial charge on any atom is -0.456 e. The zero-order valence-electron chi connectivity index (χ0n) is 32.7. The number of hydrogen-bond acceptors (Lipinski definition) is 2. The van der Waals surface area contributed by atoms with Crippen molar-refractivity contribution < 1.29 is 4.42 Å². The Morgan fingerprint density at radius 2 is 0.783 bits per heavy atom. The quantitative estimate of drug-likeness (QED) is 0.157. The molecule has 12 aromatic rings. The average molecular weight is 764 g/mol. The number of benzene rings is 11.